The lowest BCUT2D eigenvalue weighted by Crippen LogP contribution is -2.29. The molecule has 57 heavy (non-hydrogen) atoms. The van der Waals surface area contributed by atoms with E-state index < -0.39 is 26.5 Å². The van der Waals surface area contributed by atoms with Crippen LogP contribution in [-0.4, -0.2) is 49.3 Å². The number of carbonyl (C=O) groups is 2. The quantitative estimate of drug-likeness (QED) is 0.0266. The molecule has 0 rings (SSSR count). The molecule has 0 aliphatic carbocycles. The lowest BCUT2D eigenvalue weighted by Gasteiger charge is -2.19. The van der Waals surface area contributed by atoms with Gasteiger partial charge in [-0.2, -0.15) is 0 Å². The van der Waals surface area contributed by atoms with Crippen LogP contribution in [-0.2, 0) is 32.7 Å². The molecule has 0 amide bonds. The molecule has 3 N–H and O–H groups in total. The fraction of sp³-hybridized carbons (Fsp3) is 0.872. The molecule has 0 radical (unpaired) electrons. The number of hydrogen-bond acceptors (Lipinski definition) is 8. The molecule has 0 saturated heterocycles. The first-order chi connectivity index (χ1) is 27.8. The molecule has 0 fully saturated rings. The summed E-state index contributed by atoms with van der Waals surface area (Å²) in [5, 5.41) is 0. The monoisotopic (exact) mass is 828 g/mol. The zero-order valence-corrected chi connectivity index (χ0v) is 38.0. The fourth-order valence-corrected chi connectivity index (χ4v) is 7.55. The van der Waals surface area contributed by atoms with E-state index in [1.165, 1.54) is 148 Å². The lowest BCUT2D eigenvalue weighted by atomic mass is 10.0. The van der Waals surface area contributed by atoms with Crippen molar-refractivity contribution in [2.24, 2.45) is 5.73 Å². The molecule has 0 bridgehead atoms. The van der Waals surface area contributed by atoms with Crippen molar-refractivity contribution in [2.45, 2.75) is 238 Å². The van der Waals surface area contributed by atoms with Gasteiger partial charge >= 0.3 is 19.8 Å². The standard InChI is InChI=1S/C47H90NO8P/c1-3-5-7-9-11-13-15-17-19-21-22-24-25-27-29-31-33-35-37-39-46(49)53-43-45(44-55-57(51,52)54-42-41-48)56-47(50)40-38-36-34-32-30-28-26-23-20-18-16-14-12-10-8-6-4-2/h12,14,18,20,45H,3-11,13,15-17,19,21-44,48H2,1-2H3,(H,51,52). The van der Waals surface area contributed by atoms with Gasteiger partial charge in [-0.1, -0.05) is 199 Å². The number of carbonyl (C=O) groups excluding carboxylic acids is 2. The van der Waals surface area contributed by atoms with Crippen LogP contribution in [0.25, 0.3) is 0 Å². The Bertz CT molecular complexity index is 990. The highest BCUT2D eigenvalue weighted by Crippen LogP contribution is 2.43. The van der Waals surface area contributed by atoms with Crippen LogP contribution in [0.5, 0.6) is 0 Å². The van der Waals surface area contributed by atoms with E-state index in [-0.39, 0.29) is 38.6 Å². The number of unbranched alkanes of at least 4 members (excludes halogenated alkanes) is 28. The van der Waals surface area contributed by atoms with Crippen LogP contribution in [0.1, 0.15) is 232 Å². The van der Waals surface area contributed by atoms with Gasteiger partial charge in [0.25, 0.3) is 0 Å². The second-order valence-corrected chi connectivity index (χ2v) is 17.4. The summed E-state index contributed by atoms with van der Waals surface area (Å²) in [5.74, 6) is -0.826. The zero-order chi connectivity index (χ0) is 41.8. The van der Waals surface area contributed by atoms with E-state index in [0.717, 1.165) is 51.4 Å². The van der Waals surface area contributed by atoms with Gasteiger partial charge in [0.2, 0.25) is 0 Å². The average Bonchev–Trinajstić information content (AvgIpc) is 3.20. The summed E-state index contributed by atoms with van der Waals surface area (Å²) in [5.41, 5.74) is 5.36. The van der Waals surface area contributed by atoms with Crippen LogP contribution in [0.15, 0.2) is 24.3 Å². The molecule has 10 heteroatoms. The minimum Gasteiger partial charge on any atom is -0.462 e. The van der Waals surface area contributed by atoms with Gasteiger partial charge in [0.15, 0.2) is 6.10 Å². The summed E-state index contributed by atoms with van der Waals surface area (Å²) in [6.07, 6.45) is 47.8. The predicted molar refractivity (Wildman–Crippen MR) is 238 cm³/mol. The van der Waals surface area contributed by atoms with Crippen molar-refractivity contribution in [1.82, 2.24) is 0 Å². The molecular formula is C47H90NO8P. The summed E-state index contributed by atoms with van der Waals surface area (Å²) in [4.78, 5) is 35.0. The third kappa shape index (κ3) is 43.9. The SMILES string of the molecule is CCCCCC=CCC=CCCCCCCCCCC(=O)OC(COC(=O)CCCCCCCCCCCCCCCCCCCCC)COP(=O)(O)OCCN. The number of allylic oxidation sites excluding steroid dienone is 4. The van der Waals surface area contributed by atoms with Gasteiger partial charge in [0.1, 0.15) is 6.61 Å². The number of esters is 2. The summed E-state index contributed by atoms with van der Waals surface area (Å²) < 4.78 is 32.9. The van der Waals surface area contributed by atoms with Crippen LogP contribution in [0.4, 0.5) is 0 Å². The van der Waals surface area contributed by atoms with Crippen molar-refractivity contribution in [3.8, 4) is 0 Å². The van der Waals surface area contributed by atoms with E-state index in [4.69, 9.17) is 24.3 Å². The first kappa shape index (κ1) is 55.5. The van der Waals surface area contributed by atoms with Gasteiger partial charge in [0.05, 0.1) is 13.2 Å². The average molecular weight is 828 g/mol. The normalized spacial score (nSPS) is 13.4. The Hall–Kier alpha value is -1.51. The van der Waals surface area contributed by atoms with Crippen LogP contribution < -0.4 is 5.73 Å². The summed E-state index contributed by atoms with van der Waals surface area (Å²) in [7, 11) is -4.38. The van der Waals surface area contributed by atoms with Gasteiger partial charge in [-0.25, -0.2) is 4.57 Å². The first-order valence-corrected chi connectivity index (χ1v) is 25.3. The Morgan fingerprint density at radius 1 is 0.526 bits per heavy atom. The number of rotatable bonds is 45. The minimum absolute atomic E-state index is 0.0537. The molecular weight excluding hydrogens is 737 g/mol. The van der Waals surface area contributed by atoms with E-state index in [9.17, 15) is 19.0 Å². The molecule has 2 atom stereocenters. The topological polar surface area (TPSA) is 134 Å². The van der Waals surface area contributed by atoms with Crippen LogP contribution in [0.3, 0.4) is 0 Å². The molecule has 0 aromatic heterocycles. The van der Waals surface area contributed by atoms with Crippen LogP contribution >= 0.6 is 7.82 Å². The van der Waals surface area contributed by atoms with Gasteiger partial charge in [0, 0.05) is 19.4 Å². The third-order valence-electron chi connectivity index (χ3n) is 10.3. The van der Waals surface area contributed by atoms with Crippen molar-refractivity contribution in [3.63, 3.8) is 0 Å². The van der Waals surface area contributed by atoms with Crippen molar-refractivity contribution in [2.75, 3.05) is 26.4 Å². The predicted octanol–water partition coefficient (Wildman–Crippen LogP) is 13.9. The van der Waals surface area contributed by atoms with Gasteiger partial charge in [-0.15, -0.1) is 0 Å². The highest BCUT2D eigenvalue weighted by molar-refractivity contribution is 7.47. The molecule has 336 valence electrons. The van der Waals surface area contributed by atoms with Gasteiger partial charge in [-0.05, 0) is 44.9 Å². The van der Waals surface area contributed by atoms with Crippen LogP contribution in [0, 0.1) is 0 Å². The van der Waals surface area contributed by atoms with E-state index in [2.05, 4.69) is 38.2 Å². The molecule has 0 spiro atoms. The lowest BCUT2D eigenvalue weighted by molar-refractivity contribution is -0.161. The maximum absolute atomic E-state index is 12.6. The Morgan fingerprint density at radius 3 is 1.37 bits per heavy atom. The van der Waals surface area contributed by atoms with Gasteiger partial charge < -0.3 is 20.1 Å². The fourth-order valence-electron chi connectivity index (χ4n) is 6.78. The Balaban J connectivity index is 4.07. The minimum atomic E-state index is -4.38. The van der Waals surface area contributed by atoms with Gasteiger partial charge in [-0.3, -0.25) is 18.6 Å². The molecule has 0 aliphatic heterocycles. The number of phosphoric ester groups is 1. The first-order valence-electron chi connectivity index (χ1n) is 23.8. The number of ether oxygens (including phenoxy) is 2. The van der Waals surface area contributed by atoms with E-state index in [1.807, 2.05) is 0 Å². The summed E-state index contributed by atoms with van der Waals surface area (Å²) in [6, 6.07) is 0. The summed E-state index contributed by atoms with van der Waals surface area (Å²) in [6.45, 7) is 3.74. The van der Waals surface area contributed by atoms with E-state index in [0.29, 0.717) is 6.42 Å². The third-order valence-corrected chi connectivity index (χ3v) is 11.3. The molecule has 0 aromatic carbocycles. The van der Waals surface area contributed by atoms with Crippen molar-refractivity contribution in [3.05, 3.63) is 24.3 Å². The smallest absolute Gasteiger partial charge is 0.462 e. The number of phosphoric acid groups is 1. The second kappa shape index (κ2) is 44.1. The largest absolute Gasteiger partial charge is 0.472 e. The van der Waals surface area contributed by atoms with Crippen LogP contribution in [0.2, 0.25) is 0 Å². The van der Waals surface area contributed by atoms with E-state index in [1.54, 1.807) is 0 Å². The number of hydrogen-bond donors (Lipinski definition) is 2. The number of nitrogens with two attached hydrogens (primary N) is 1. The Kier molecular flexibility index (Phi) is 42.9. The molecule has 2 unspecified atom stereocenters. The Labute approximate surface area is 351 Å². The van der Waals surface area contributed by atoms with Crippen molar-refractivity contribution < 1.29 is 37.6 Å². The van der Waals surface area contributed by atoms with E-state index >= 15 is 0 Å². The highest BCUT2D eigenvalue weighted by atomic mass is 31.2. The molecule has 0 heterocycles. The highest BCUT2D eigenvalue weighted by Gasteiger charge is 2.26. The molecule has 0 saturated carbocycles. The maximum atomic E-state index is 12.6. The summed E-state index contributed by atoms with van der Waals surface area (Å²) >= 11 is 0. The molecule has 0 aromatic rings. The second-order valence-electron chi connectivity index (χ2n) is 16.0. The molecule has 0 aliphatic rings. The maximum Gasteiger partial charge on any atom is 0.472 e. The Morgan fingerprint density at radius 2 is 0.912 bits per heavy atom. The van der Waals surface area contributed by atoms with Crippen molar-refractivity contribution >= 4 is 19.8 Å². The van der Waals surface area contributed by atoms with Crippen molar-refractivity contribution in [1.29, 1.82) is 0 Å². The molecule has 9 nitrogen and oxygen atoms in total. The zero-order valence-electron chi connectivity index (χ0n) is 37.1.